The van der Waals surface area contributed by atoms with Crippen LogP contribution in [0.1, 0.15) is 15.9 Å². The van der Waals surface area contributed by atoms with Crippen LogP contribution in [0.25, 0.3) is 0 Å². The van der Waals surface area contributed by atoms with Crippen molar-refractivity contribution >= 4 is 11.6 Å². The number of H-pyrrole nitrogens is 1. The number of anilines is 1. The summed E-state index contributed by atoms with van der Waals surface area (Å²) < 4.78 is 5.10. The highest BCUT2D eigenvalue weighted by Crippen LogP contribution is 2.16. The van der Waals surface area contributed by atoms with Gasteiger partial charge in [-0.3, -0.25) is 9.89 Å². The third-order valence-corrected chi connectivity index (χ3v) is 2.47. The Morgan fingerprint density at radius 2 is 2.35 bits per heavy atom. The van der Waals surface area contributed by atoms with Crippen LogP contribution in [-0.4, -0.2) is 23.1 Å². The standard InChI is InChI=1S/C12H13N3O2/c1-17-9-4-2-3-8(5-9)6-11(16)10-7-14-15-12(10)13/h2-5,7H,6H2,1H3,(H3,13,14,15). The molecule has 0 aliphatic carbocycles. The van der Waals surface area contributed by atoms with Gasteiger partial charge in [0.2, 0.25) is 0 Å². The van der Waals surface area contributed by atoms with Crippen molar-refractivity contribution in [1.29, 1.82) is 0 Å². The molecule has 1 aromatic heterocycles. The molecular formula is C12H13N3O2. The molecule has 0 bridgehead atoms. The predicted molar refractivity (Wildman–Crippen MR) is 64.0 cm³/mol. The number of carbonyl (C=O) groups excluding carboxylic acids is 1. The van der Waals surface area contributed by atoms with Crippen molar-refractivity contribution in [1.82, 2.24) is 10.2 Å². The number of benzene rings is 1. The molecule has 0 saturated carbocycles. The second-order valence-electron chi connectivity index (χ2n) is 3.65. The third-order valence-electron chi connectivity index (χ3n) is 2.47. The molecule has 0 aliphatic heterocycles. The largest absolute Gasteiger partial charge is 0.497 e. The molecule has 1 heterocycles. The zero-order chi connectivity index (χ0) is 12.3. The molecule has 0 radical (unpaired) electrons. The molecule has 0 amide bonds. The predicted octanol–water partition coefficient (Wildman–Crippen LogP) is 1.43. The van der Waals surface area contributed by atoms with Gasteiger partial charge in [-0.25, -0.2) is 0 Å². The van der Waals surface area contributed by atoms with Crippen LogP contribution in [0, 0.1) is 0 Å². The van der Waals surface area contributed by atoms with Crippen molar-refractivity contribution in [2.45, 2.75) is 6.42 Å². The Labute approximate surface area is 98.6 Å². The number of nitrogen functional groups attached to an aromatic ring is 1. The molecule has 0 aliphatic rings. The van der Waals surface area contributed by atoms with Crippen LogP contribution in [0.2, 0.25) is 0 Å². The Kier molecular flexibility index (Phi) is 3.09. The molecule has 3 N–H and O–H groups in total. The fourth-order valence-electron chi connectivity index (χ4n) is 1.58. The van der Waals surface area contributed by atoms with E-state index < -0.39 is 0 Å². The van der Waals surface area contributed by atoms with Crippen molar-refractivity contribution in [2.24, 2.45) is 0 Å². The molecule has 0 saturated heterocycles. The van der Waals surface area contributed by atoms with E-state index in [1.54, 1.807) is 7.11 Å². The minimum atomic E-state index is -0.0653. The maximum absolute atomic E-state index is 11.9. The Morgan fingerprint density at radius 3 is 3.00 bits per heavy atom. The third kappa shape index (κ3) is 2.44. The number of Topliss-reactive ketones (excluding diaryl/α,β-unsaturated/α-hetero) is 1. The molecule has 1 aromatic carbocycles. The Hall–Kier alpha value is -2.30. The fourth-order valence-corrected chi connectivity index (χ4v) is 1.58. The first-order valence-corrected chi connectivity index (χ1v) is 5.15. The molecular weight excluding hydrogens is 218 g/mol. The number of carbonyl (C=O) groups is 1. The lowest BCUT2D eigenvalue weighted by Crippen LogP contribution is -2.05. The van der Waals surface area contributed by atoms with Crippen molar-refractivity contribution in [2.75, 3.05) is 12.8 Å². The van der Waals surface area contributed by atoms with E-state index in [2.05, 4.69) is 10.2 Å². The molecule has 0 atom stereocenters. The molecule has 2 rings (SSSR count). The number of nitrogens with zero attached hydrogens (tertiary/aromatic N) is 1. The summed E-state index contributed by atoms with van der Waals surface area (Å²) in [5.41, 5.74) is 6.90. The van der Waals surface area contributed by atoms with Gasteiger partial charge in [0, 0.05) is 6.42 Å². The van der Waals surface area contributed by atoms with Crippen molar-refractivity contribution in [3.8, 4) is 5.75 Å². The van der Waals surface area contributed by atoms with Gasteiger partial charge in [0.25, 0.3) is 0 Å². The summed E-state index contributed by atoms with van der Waals surface area (Å²) in [6.07, 6.45) is 1.72. The molecule has 5 nitrogen and oxygen atoms in total. The van der Waals surface area contributed by atoms with E-state index in [9.17, 15) is 4.79 Å². The second-order valence-corrected chi connectivity index (χ2v) is 3.65. The quantitative estimate of drug-likeness (QED) is 0.780. The maximum atomic E-state index is 11.9. The summed E-state index contributed by atoms with van der Waals surface area (Å²) >= 11 is 0. The van der Waals surface area contributed by atoms with Gasteiger partial charge in [0.05, 0.1) is 18.9 Å². The van der Waals surface area contributed by atoms with Gasteiger partial charge in [-0.2, -0.15) is 5.10 Å². The highest BCUT2D eigenvalue weighted by molar-refractivity contribution is 6.01. The average molecular weight is 231 g/mol. The minimum absolute atomic E-state index is 0.0653. The molecule has 88 valence electrons. The first-order chi connectivity index (χ1) is 8.20. The zero-order valence-electron chi connectivity index (χ0n) is 9.43. The number of rotatable bonds is 4. The van der Waals surface area contributed by atoms with Crippen LogP contribution in [0.5, 0.6) is 5.75 Å². The number of ether oxygens (including phenoxy) is 1. The monoisotopic (exact) mass is 231 g/mol. The van der Waals surface area contributed by atoms with Crippen LogP contribution in [-0.2, 0) is 6.42 Å². The van der Waals surface area contributed by atoms with E-state index in [1.807, 2.05) is 24.3 Å². The van der Waals surface area contributed by atoms with E-state index >= 15 is 0 Å². The second kappa shape index (κ2) is 4.69. The van der Waals surface area contributed by atoms with Crippen molar-refractivity contribution in [3.05, 3.63) is 41.6 Å². The number of hydrogen-bond donors (Lipinski definition) is 2. The number of aromatic nitrogens is 2. The first-order valence-electron chi connectivity index (χ1n) is 5.15. The number of nitrogens with one attached hydrogen (secondary N) is 1. The number of ketones is 1. The maximum Gasteiger partial charge on any atom is 0.172 e. The number of methoxy groups -OCH3 is 1. The molecule has 0 fully saturated rings. The Bertz CT molecular complexity index is 534. The van der Waals surface area contributed by atoms with E-state index in [0.717, 1.165) is 11.3 Å². The van der Waals surface area contributed by atoms with Crippen LogP contribution in [0.4, 0.5) is 5.82 Å². The van der Waals surface area contributed by atoms with Gasteiger partial charge >= 0.3 is 0 Å². The summed E-state index contributed by atoms with van der Waals surface area (Å²) in [7, 11) is 1.59. The van der Waals surface area contributed by atoms with E-state index in [4.69, 9.17) is 10.5 Å². The lowest BCUT2D eigenvalue weighted by atomic mass is 10.0. The molecule has 17 heavy (non-hydrogen) atoms. The molecule has 0 unspecified atom stereocenters. The Balaban J connectivity index is 2.16. The Morgan fingerprint density at radius 1 is 1.53 bits per heavy atom. The number of nitrogens with two attached hydrogens (primary N) is 1. The summed E-state index contributed by atoms with van der Waals surface area (Å²) in [4.78, 5) is 11.9. The SMILES string of the molecule is COc1cccc(CC(=O)c2cn[nH]c2N)c1. The van der Waals surface area contributed by atoms with E-state index in [0.29, 0.717) is 11.4 Å². The van der Waals surface area contributed by atoms with Gasteiger partial charge in [-0.05, 0) is 17.7 Å². The summed E-state index contributed by atoms with van der Waals surface area (Å²) in [6.45, 7) is 0. The first kappa shape index (κ1) is 11.2. The average Bonchev–Trinajstić information content (AvgIpc) is 2.76. The molecule has 0 spiro atoms. The van der Waals surface area contributed by atoms with Crippen molar-refractivity contribution in [3.63, 3.8) is 0 Å². The van der Waals surface area contributed by atoms with Crippen LogP contribution in [0.15, 0.2) is 30.5 Å². The van der Waals surface area contributed by atoms with Gasteiger partial charge in [-0.15, -0.1) is 0 Å². The lowest BCUT2D eigenvalue weighted by molar-refractivity contribution is 0.0994. The summed E-state index contributed by atoms with van der Waals surface area (Å²) in [5, 5.41) is 6.26. The molecule has 2 aromatic rings. The van der Waals surface area contributed by atoms with Crippen molar-refractivity contribution < 1.29 is 9.53 Å². The lowest BCUT2D eigenvalue weighted by Gasteiger charge is -2.03. The topological polar surface area (TPSA) is 81.0 Å². The van der Waals surface area contributed by atoms with Crippen LogP contribution in [0.3, 0.4) is 0 Å². The fraction of sp³-hybridized carbons (Fsp3) is 0.167. The number of hydrogen-bond acceptors (Lipinski definition) is 4. The van der Waals surface area contributed by atoms with E-state index in [1.165, 1.54) is 6.20 Å². The summed E-state index contributed by atoms with van der Waals surface area (Å²) in [5.74, 6) is 0.970. The molecule has 5 heteroatoms. The van der Waals surface area contributed by atoms with Gasteiger partial charge in [-0.1, -0.05) is 12.1 Å². The van der Waals surface area contributed by atoms with Crippen LogP contribution >= 0.6 is 0 Å². The highest BCUT2D eigenvalue weighted by atomic mass is 16.5. The van der Waals surface area contributed by atoms with Crippen LogP contribution < -0.4 is 10.5 Å². The normalized spacial score (nSPS) is 10.2. The minimum Gasteiger partial charge on any atom is -0.497 e. The van der Waals surface area contributed by atoms with Gasteiger partial charge in [0.1, 0.15) is 11.6 Å². The smallest absolute Gasteiger partial charge is 0.172 e. The van der Waals surface area contributed by atoms with Gasteiger partial charge < -0.3 is 10.5 Å². The summed E-state index contributed by atoms with van der Waals surface area (Å²) in [6, 6.07) is 7.38. The van der Waals surface area contributed by atoms with E-state index in [-0.39, 0.29) is 12.2 Å². The van der Waals surface area contributed by atoms with Gasteiger partial charge in [0.15, 0.2) is 5.78 Å². The number of aromatic amines is 1. The highest BCUT2D eigenvalue weighted by Gasteiger charge is 2.12. The zero-order valence-corrected chi connectivity index (χ0v) is 9.43.